The standard InChI is InChI=1S/C26H28N2O3/c1-18(2)20-11-9-19(10-12-20)13-14-27-25(29)23-16-21-6-3-4-7-22(21)17-28(23)26(30)24-8-5-15-31-24/h3-12,15,18,23H,13-14,16-17H2,1-2H3,(H,27,29). The van der Waals surface area contributed by atoms with Crippen LogP contribution < -0.4 is 5.32 Å². The van der Waals surface area contributed by atoms with E-state index in [4.69, 9.17) is 4.42 Å². The van der Waals surface area contributed by atoms with E-state index in [1.165, 1.54) is 17.4 Å². The average molecular weight is 417 g/mol. The molecule has 2 heterocycles. The van der Waals surface area contributed by atoms with Crippen LogP contribution in [0.2, 0.25) is 0 Å². The van der Waals surface area contributed by atoms with Crippen LogP contribution in [0.3, 0.4) is 0 Å². The zero-order valence-electron chi connectivity index (χ0n) is 18.0. The molecule has 2 aromatic carbocycles. The van der Waals surface area contributed by atoms with E-state index < -0.39 is 6.04 Å². The van der Waals surface area contributed by atoms with E-state index in [1.807, 2.05) is 24.3 Å². The molecular weight excluding hydrogens is 388 g/mol. The lowest BCUT2D eigenvalue weighted by Crippen LogP contribution is -2.52. The number of nitrogens with zero attached hydrogens (tertiary/aromatic N) is 1. The van der Waals surface area contributed by atoms with Gasteiger partial charge in [0.1, 0.15) is 6.04 Å². The Bertz CT molecular complexity index is 1040. The highest BCUT2D eigenvalue weighted by Gasteiger charge is 2.35. The maximum Gasteiger partial charge on any atom is 0.290 e. The summed E-state index contributed by atoms with van der Waals surface area (Å²) in [6.07, 6.45) is 2.72. The molecule has 1 unspecified atom stereocenters. The maximum atomic E-state index is 13.1. The molecule has 0 saturated heterocycles. The van der Waals surface area contributed by atoms with Crippen LogP contribution in [0.5, 0.6) is 0 Å². The van der Waals surface area contributed by atoms with Gasteiger partial charge in [0, 0.05) is 19.5 Å². The topological polar surface area (TPSA) is 62.6 Å². The number of hydrogen-bond acceptors (Lipinski definition) is 3. The molecule has 1 atom stereocenters. The predicted octanol–water partition coefficient (Wildman–Crippen LogP) is 4.33. The summed E-state index contributed by atoms with van der Waals surface area (Å²) >= 11 is 0. The Kier molecular flexibility index (Phi) is 6.21. The third-order valence-electron chi connectivity index (χ3n) is 5.90. The molecule has 1 aromatic heterocycles. The van der Waals surface area contributed by atoms with Crippen molar-refractivity contribution >= 4 is 11.8 Å². The van der Waals surface area contributed by atoms with E-state index >= 15 is 0 Å². The van der Waals surface area contributed by atoms with Crippen molar-refractivity contribution in [2.45, 2.75) is 45.2 Å². The van der Waals surface area contributed by atoms with Crippen LogP contribution in [0.4, 0.5) is 0 Å². The van der Waals surface area contributed by atoms with Gasteiger partial charge in [0.05, 0.1) is 6.26 Å². The minimum Gasteiger partial charge on any atom is -0.459 e. The molecule has 1 aliphatic rings. The summed E-state index contributed by atoms with van der Waals surface area (Å²) in [6, 6.07) is 19.2. The Morgan fingerprint density at radius 1 is 1.03 bits per heavy atom. The van der Waals surface area contributed by atoms with E-state index in [2.05, 4.69) is 43.4 Å². The number of furan rings is 1. The van der Waals surface area contributed by atoms with Gasteiger partial charge in [-0.15, -0.1) is 0 Å². The molecule has 5 nitrogen and oxygen atoms in total. The van der Waals surface area contributed by atoms with E-state index in [9.17, 15) is 9.59 Å². The summed E-state index contributed by atoms with van der Waals surface area (Å²) in [7, 11) is 0. The number of amides is 2. The quantitative estimate of drug-likeness (QED) is 0.651. The number of hydrogen-bond donors (Lipinski definition) is 1. The molecule has 2 amide bonds. The molecule has 0 fully saturated rings. The van der Waals surface area contributed by atoms with Gasteiger partial charge in [-0.05, 0) is 46.7 Å². The SMILES string of the molecule is CC(C)c1ccc(CCNC(=O)C2Cc3ccccc3CN2C(=O)c2ccco2)cc1. The Balaban J connectivity index is 1.44. The van der Waals surface area contributed by atoms with Crippen molar-refractivity contribution in [3.8, 4) is 0 Å². The zero-order chi connectivity index (χ0) is 21.8. The van der Waals surface area contributed by atoms with Crippen molar-refractivity contribution in [3.05, 3.63) is 94.9 Å². The first kappa shape index (κ1) is 20.9. The molecule has 3 aromatic rings. The fourth-order valence-electron chi connectivity index (χ4n) is 4.03. The Labute approximate surface area is 183 Å². The summed E-state index contributed by atoms with van der Waals surface area (Å²) in [6.45, 7) is 5.27. The minimum absolute atomic E-state index is 0.131. The van der Waals surface area contributed by atoms with Crippen molar-refractivity contribution in [2.24, 2.45) is 0 Å². The molecule has 0 bridgehead atoms. The monoisotopic (exact) mass is 416 g/mol. The van der Waals surface area contributed by atoms with Gasteiger partial charge in [-0.2, -0.15) is 0 Å². The third kappa shape index (κ3) is 4.71. The molecule has 5 heteroatoms. The van der Waals surface area contributed by atoms with E-state index in [0.717, 1.165) is 17.5 Å². The second-order valence-corrected chi connectivity index (χ2v) is 8.34. The highest BCUT2D eigenvalue weighted by molar-refractivity contribution is 5.96. The highest BCUT2D eigenvalue weighted by Crippen LogP contribution is 2.25. The largest absolute Gasteiger partial charge is 0.459 e. The van der Waals surface area contributed by atoms with Crippen LogP contribution in [-0.4, -0.2) is 29.3 Å². The van der Waals surface area contributed by atoms with Crippen molar-refractivity contribution in [1.82, 2.24) is 10.2 Å². The summed E-state index contributed by atoms with van der Waals surface area (Å²) in [5.41, 5.74) is 4.66. The van der Waals surface area contributed by atoms with Crippen molar-refractivity contribution in [3.63, 3.8) is 0 Å². The Morgan fingerprint density at radius 3 is 2.45 bits per heavy atom. The van der Waals surface area contributed by atoms with Gasteiger partial charge in [-0.3, -0.25) is 9.59 Å². The van der Waals surface area contributed by atoms with Gasteiger partial charge < -0.3 is 14.6 Å². The molecule has 0 saturated carbocycles. The van der Waals surface area contributed by atoms with Crippen LogP contribution in [-0.2, 0) is 24.2 Å². The number of rotatable bonds is 6. The number of carbonyl (C=O) groups is 2. The molecule has 0 radical (unpaired) electrons. The van der Waals surface area contributed by atoms with Crippen molar-refractivity contribution in [1.29, 1.82) is 0 Å². The normalized spacial score (nSPS) is 15.6. The number of benzene rings is 2. The van der Waals surface area contributed by atoms with Gasteiger partial charge in [-0.25, -0.2) is 0 Å². The second kappa shape index (κ2) is 9.21. The first-order valence-electron chi connectivity index (χ1n) is 10.8. The lowest BCUT2D eigenvalue weighted by atomic mass is 9.93. The van der Waals surface area contributed by atoms with E-state index in [-0.39, 0.29) is 17.6 Å². The predicted molar refractivity (Wildman–Crippen MR) is 120 cm³/mol. The molecule has 0 aliphatic carbocycles. The van der Waals surface area contributed by atoms with Crippen molar-refractivity contribution in [2.75, 3.05) is 6.54 Å². The lowest BCUT2D eigenvalue weighted by Gasteiger charge is -2.35. The van der Waals surface area contributed by atoms with Crippen molar-refractivity contribution < 1.29 is 14.0 Å². The van der Waals surface area contributed by atoms with Crippen LogP contribution in [0.25, 0.3) is 0 Å². The second-order valence-electron chi connectivity index (χ2n) is 8.34. The summed E-state index contributed by atoms with van der Waals surface area (Å²) in [4.78, 5) is 27.7. The smallest absolute Gasteiger partial charge is 0.290 e. The average Bonchev–Trinajstić information content (AvgIpc) is 3.33. The van der Waals surface area contributed by atoms with E-state index in [1.54, 1.807) is 17.0 Å². The van der Waals surface area contributed by atoms with Gasteiger partial charge in [-0.1, -0.05) is 62.4 Å². The van der Waals surface area contributed by atoms with E-state index in [0.29, 0.717) is 25.4 Å². The zero-order valence-corrected chi connectivity index (χ0v) is 18.0. The molecule has 4 rings (SSSR count). The maximum absolute atomic E-state index is 13.1. The van der Waals surface area contributed by atoms with Gasteiger partial charge in [0.15, 0.2) is 5.76 Å². The van der Waals surface area contributed by atoms with Gasteiger partial charge in [0.25, 0.3) is 5.91 Å². The van der Waals surface area contributed by atoms with Crippen LogP contribution in [0.1, 0.15) is 52.6 Å². The fourth-order valence-corrected chi connectivity index (χ4v) is 4.03. The Hall–Kier alpha value is -3.34. The highest BCUT2D eigenvalue weighted by atomic mass is 16.3. The molecule has 1 aliphatic heterocycles. The first-order valence-corrected chi connectivity index (χ1v) is 10.8. The lowest BCUT2D eigenvalue weighted by molar-refractivity contribution is -0.126. The van der Waals surface area contributed by atoms with Crippen LogP contribution in [0, 0.1) is 0 Å². The first-order chi connectivity index (χ1) is 15.0. The molecular formula is C26H28N2O3. The van der Waals surface area contributed by atoms with Gasteiger partial charge in [0.2, 0.25) is 5.91 Å². The van der Waals surface area contributed by atoms with Crippen LogP contribution >= 0.6 is 0 Å². The molecule has 31 heavy (non-hydrogen) atoms. The third-order valence-corrected chi connectivity index (χ3v) is 5.90. The Morgan fingerprint density at radius 2 is 1.77 bits per heavy atom. The van der Waals surface area contributed by atoms with Crippen LogP contribution in [0.15, 0.2) is 71.3 Å². The van der Waals surface area contributed by atoms with Gasteiger partial charge >= 0.3 is 0 Å². The minimum atomic E-state index is -0.559. The summed E-state index contributed by atoms with van der Waals surface area (Å²) < 4.78 is 5.31. The molecule has 1 N–H and O–H groups in total. The molecule has 0 spiro atoms. The number of fused-ring (bicyclic) bond motifs is 1. The number of nitrogens with one attached hydrogen (secondary N) is 1. The summed E-state index contributed by atoms with van der Waals surface area (Å²) in [5, 5.41) is 3.04. The fraction of sp³-hybridized carbons (Fsp3) is 0.308. The summed E-state index contributed by atoms with van der Waals surface area (Å²) in [5.74, 6) is 0.361. The number of carbonyl (C=O) groups excluding carboxylic acids is 2. The molecule has 160 valence electrons.